The number of aliphatic hydroxyl groups excluding tert-OH is 4. The number of aromatic nitrogens is 2. The number of imidazole rings is 1. The first kappa shape index (κ1) is 13.5. The van der Waals surface area contributed by atoms with Gasteiger partial charge in [-0.25, -0.2) is 4.98 Å². The van der Waals surface area contributed by atoms with E-state index in [2.05, 4.69) is 15.3 Å². The topological polar surface area (TPSA) is 132 Å². The van der Waals surface area contributed by atoms with Gasteiger partial charge in [-0.05, 0) is 0 Å². The quantitative estimate of drug-likeness (QED) is 0.423. The highest BCUT2D eigenvalue weighted by atomic mass is 16.6. The maximum Gasteiger partial charge on any atom is 0.165 e. The molecule has 0 spiro atoms. The van der Waals surface area contributed by atoms with Crippen molar-refractivity contribution in [2.75, 3.05) is 18.5 Å². The highest BCUT2D eigenvalue weighted by Crippen LogP contribution is 2.34. The molecule has 9 nitrogen and oxygen atoms in total. The van der Waals surface area contributed by atoms with Crippen molar-refractivity contribution in [1.29, 1.82) is 0 Å². The minimum absolute atomic E-state index is 0.187. The lowest BCUT2D eigenvalue weighted by molar-refractivity contribution is -0.0518. The Hall–Kier alpha value is -1.52. The monoisotopic (exact) mass is 284 g/mol. The number of aliphatic hydroxyl groups is 4. The molecule has 110 valence electrons. The first-order valence-electron chi connectivity index (χ1n) is 6.25. The van der Waals surface area contributed by atoms with Gasteiger partial charge in [0, 0.05) is 0 Å². The van der Waals surface area contributed by atoms with Crippen LogP contribution in [-0.2, 0) is 4.74 Å². The van der Waals surface area contributed by atoms with E-state index in [1.807, 2.05) is 0 Å². The molecule has 0 aliphatic carbocycles. The maximum atomic E-state index is 10.0. The number of anilines is 1. The van der Waals surface area contributed by atoms with E-state index in [0.717, 1.165) is 0 Å². The second kappa shape index (κ2) is 5.11. The average molecular weight is 284 g/mol. The fraction of sp³-hybridized carbons (Fsp3) is 0.636. The van der Waals surface area contributed by atoms with Crippen LogP contribution < -0.4 is 5.32 Å². The number of fused-ring (bicyclic) bond motifs is 1. The van der Waals surface area contributed by atoms with Crippen molar-refractivity contribution in [3.63, 3.8) is 0 Å². The minimum Gasteiger partial charge on any atom is -0.394 e. The molecular formula is C11H16N4O5. The summed E-state index contributed by atoms with van der Waals surface area (Å²) in [5, 5.41) is 41.6. The Morgan fingerprint density at radius 1 is 1.35 bits per heavy atom. The molecular weight excluding hydrogens is 268 g/mol. The van der Waals surface area contributed by atoms with E-state index in [0.29, 0.717) is 11.5 Å². The Balaban J connectivity index is 1.94. The van der Waals surface area contributed by atoms with Crippen molar-refractivity contribution in [2.45, 2.75) is 30.6 Å². The van der Waals surface area contributed by atoms with Crippen molar-refractivity contribution in [3.8, 4) is 0 Å². The number of nitrogens with zero attached hydrogens (tertiary/aromatic N) is 3. The first-order valence-corrected chi connectivity index (χ1v) is 6.25. The summed E-state index contributed by atoms with van der Waals surface area (Å²) in [4.78, 5) is 8.03. The first-order chi connectivity index (χ1) is 9.63. The molecule has 2 aliphatic rings. The zero-order valence-electron chi connectivity index (χ0n) is 10.5. The van der Waals surface area contributed by atoms with Gasteiger partial charge in [-0.3, -0.25) is 9.56 Å². The molecule has 9 heteroatoms. The van der Waals surface area contributed by atoms with E-state index in [-0.39, 0.29) is 6.54 Å². The summed E-state index contributed by atoms with van der Waals surface area (Å²) in [5.74, 6) is 0.439. The van der Waals surface area contributed by atoms with Crippen molar-refractivity contribution in [3.05, 3.63) is 12.0 Å². The second-order valence-corrected chi connectivity index (χ2v) is 4.77. The molecule has 1 saturated heterocycles. The van der Waals surface area contributed by atoms with Crippen LogP contribution in [0.1, 0.15) is 18.0 Å². The third-order valence-electron chi connectivity index (χ3n) is 3.50. The Bertz CT molecular complexity index is 519. The van der Waals surface area contributed by atoms with Gasteiger partial charge in [-0.1, -0.05) is 0 Å². The molecule has 2 aliphatic heterocycles. The smallest absolute Gasteiger partial charge is 0.165 e. The molecule has 1 fully saturated rings. The zero-order chi connectivity index (χ0) is 14.3. The van der Waals surface area contributed by atoms with Gasteiger partial charge in [0.1, 0.15) is 35.9 Å². The number of aliphatic imine (C=N–C) groups is 1. The summed E-state index contributed by atoms with van der Waals surface area (Å²) in [6.45, 7) is -0.212. The van der Waals surface area contributed by atoms with Gasteiger partial charge in [-0.2, -0.15) is 0 Å². The standard InChI is InChI=1S/C11H16N4O5/c16-2-6-8(18)9(19)11(20-6)15-4-14-7-5(17)1-12-3-13-10(7)15/h3-6,8-9,11,16-19H,1-2H2,(H,12,13)/t5-,6-,8+,9?,11-/m1/s1. The van der Waals surface area contributed by atoms with E-state index >= 15 is 0 Å². The van der Waals surface area contributed by atoms with E-state index in [9.17, 15) is 15.3 Å². The van der Waals surface area contributed by atoms with E-state index < -0.39 is 37.3 Å². The largest absolute Gasteiger partial charge is 0.394 e. The predicted molar refractivity (Wildman–Crippen MR) is 67.2 cm³/mol. The summed E-state index contributed by atoms with van der Waals surface area (Å²) in [6.07, 6.45) is -2.18. The minimum atomic E-state index is -1.20. The van der Waals surface area contributed by atoms with Crippen molar-refractivity contribution < 1.29 is 25.2 Å². The molecule has 0 aromatic carbocycles. The number of nitrogens with one attached hydrogen (secondary N) is 1. The Labute approximate surface area is 114 Å². The molecule has 20 heavy (non-hydrogen) atoms. The summed E-state index contributed by atoms with van der Waals surface area (Å²) in [7, 11) is 0. The van der Waals surface area contributed by atoms with Crippen LogP contribution in [0.4, 0.5) is 5.82 Å². The van der Waals surface area contributed by atoms with Gasteiger partial charge in [0.05, 0.1) is 25.8 Å². The number of ether oxygens (including phenoxy) is 1. The summed E-state index contributed by atoms with van der Waals surface area (Å²) in [6, 6.07) is 0. The lowest BCUT2D eigenvalue weighted by Gasteiger charge is -2.19. The molecule has 5 N–H and O–H groups in total. The predicted octanol–water partition coefficient (Wildman–Crippen LogP) is -2.02. The lowest BCUT2D eigenvalue weighted by atomic mass is 10.1. The molecule has 0 radical (unpaired) electrons. The third kappa shape index (κ3) is 2.00. The van der Waals surface area contributed by atoms with Gasteiger partial charge < -0.3 is 30.5 Å². The maximum absolute atomic E-state index is 10.0. The Morgan fingerprint density at radius 3 is 2.85 bits per heavy atom. The van der Waals surface area contributed by atoms with Crippen LogP contribution in [0.3, 0.4) is 0 Å². The highest BCUT2D eigenvalue weighted by molar-refractivity contribution is 5.76. The Kier molecular flexibility index (Phi) is 3.44. The molecule has 1 unspecified atom stereocenters. The van der Waals surface area contributed by atoms with Crippen LogP contribution in [0.25, 0.3) is 0 Å². The van der Waals surface area contributed by atoms with Gasteiger partial charge in [0.25, 0.3) is 0 Å². The molecule has 3 rings (SSSR count). The molecule has 0 amide bonds. The van der Waals surface area contributed by atoms with E-state index in [1.54, 1.807) is 0 Å². The normalized spacial score (nSPS) is 36.5. The summed E-state index contributed by atoms with van der Waals surface area (Å²) in [5.41, 5.74) is 0.389. The van der Waals surface area contributed by atoms with Crippen molar-refractivity contribution >= 4 is 12.2 Å². The highest BCUT2D eigenvalue weighted by Gasteiger charge is 2.44. The molecule has 0 saturated carbocycles. The number of hydrogen-bond donors (Lipinski definition) is 5. The lowest BCUT2D eigenvalue weighted by Crippen LogP contribution is -2.33. The van der Waals surface area contributed by atoms with Crippen molar-refractivity contribution in [2.24, 2.45) is 4.99 Å². The van der Waals surface area contributed by atoms with Gasteiger partial charge in [0.2, 0.25) is 0 Å². The molecule has 1 aromatic heterocycles. The Morgan fingerprint density at radius 2 is 2.15 bits per heavy atom. The van der Waals surface area contributed by atoms with Crippen LogP contribution >= 0.6 is 0 Å². The van der Waals surface area contributed by atoms with Crippen LogP contribution in [0.5, 0.6) is 0 Å². The zero-order valence-corrected chi connectivity index (χ0v) is 10.5. The van der Waals surface area contributed by atoms with Crippen molar-refractivity contribution in [1.82, 2.24) is 9.55 Å². The molecule has 3 heterocycles. The van der Waals surface area contributed by atoms with Crippen LogP contribution in [0.2, 0.25) is 0 Å². The summed E-state index contributed by atoms with van der Waals surface area (Å²) >= 11 is 0. The second-order valence-electron chi connectivity index (χ2n) is 4.77. The van der Waals surface area contributed by atoms with E-state index in [1.165, 1.54) is 17.2 Å². The number of rotatable bonds is 2. The fourth-order valence-corrected chi connectivity index (χ4v) is 2.42. The third-order valence-corrected chi connectivity index (χ3v) is 3.50. The SMILES string of the molecule is OC[C@H]1O[C@@H](n2cnc3c2NC=NC[C@H]3O)C(O)[C@H]1O. The van der Waals surface area contributed by atoms with Crippen LogP contribution in [-0.4, -0.2) is 67.8 Å². The van der Waals surface area contributed by atoms with Gasteiger partial charge >= 0.3 is 0 Å². The average Bonchev–Trinajstić information content (AvgIpc) is 2.92. The van der Waals surface area contributed by atoms with Gasteiger partial charge in [0.15, 0.2) is 6.23 Å². The molecule has 1 aromatic rings. The fourth-order valence-electron chi connectivity index (χ4n) is 2.42. The van der Waals surface area contributed by atoms with Crippen LogP contribution in [0, 0.1) is 0 Å². The number of hydrogen-bond acceptors (Lipinski definition) is 8. The van der Waals surface area contributed by atoms with Crippen LogP contribution in [0.15, 0.2) is 11.3 Å². The van der Waals surface area contributed by atoms with E-state index in [4.69, 9.17) is 9.84 Å². The summed E-state index contributed by atoms with van der Waals surface area (Å²) < 4.78 is 6.90. The van der Waals surface area contributed by atoms with Gasteiger partial charge in [-0.15, -0.1) is 0 Å². The molecule has 5 atom stereocenters. The molecule has 0 bridgehead atoms.